The van der Waals surface area contributed by atoms with Crippen LogP contribution in [0.5, 0.6) is 0 Å². The SMILES string of the molecule is CN(Cc1cccc(Cl)c1)c1ccc(Br)cc1CCl. The molecule has 0 aliphatic rings. The van der Waals surface area contributed by atoms with Crippen LogP contribution in [-0.2, 0) is 12.4 Å². The van der Waals surface area contributed by atoms with Gasteiger partial charge in [0.25, 0.3) is 0 Å². The van der Waals surface area contributed by atoms with E-state index in [-0.39, 0.29) is 0 Å². The van der Waals surface area contributed by atoms with Gasteiger partial charge in [0.2, 0.25) is 0 Å². The summed E-state index contributed by atoms with van der Waals surface area (Å²) in [5.41, 5.74) is 3.43. The molecule has 4 heteroatoms. The predicted molar refractivity (Wildman–Crippen MR) is 87.3 cm³/mol. The largest absolute Gasteiger partial charge is 0.370 e. The smallest absolute Gasteiger partial charge is 0.0494 e. The molecule has 100 valence electrons. The first-order chi connectivity index (χ1) is 9.10. The molecule has 0 aliphatic carbocycles. The van der Waals surface area contributed by atoms with Gasteiger partial charge in [0.05, 0.1) is 0 Å². The van der Waals surface area contributed by atoms with Crippen LogP contribution in [0.25, 0.3) is 0 Å². The van der Waals surface area contributed by atoms with Gasteiger partial charge < -0.3 is 4.90 Å². The average molecular weight is 359 g/mol. The van der Waals surface area contributed by atoms with E-state index in [9.17, 15) is 0 Å². The molecule has 0 spiro atoms. The molecule has 0 aromatic heterocycles. The van der Waals surface area contributed by atoms with Gasteiger partial charge in [0, 0.05) is 34.7 Å². The van der Waals surface area contributed by atoms with E-state index < -0.39 is 0 Å². The molecule has 0 radical (unpaired) electrons. The van der Waals surface area contributed by atoms with Gasteiger partial charge in [-0.05, 0) is 41.5 Å². The molecule has 2 rings (SSSR count). The number of hydrogen-bond donors (Lipinski definition) is 0. The molecule has 0 unspecified atom stereocenters. The highest BCUT2D eigenvalue weighted by Gasteiger charge is 2.08. The van der Waals surface area contributed by atoms with Crippen molar-refractivity contribution in [2.75, 3.05) is 11.9 Å². The summed E-state index contributed by atoms with van der Waals surface area (Å²) >= 11 is 15.5. The van der Waals surface area contributed by atoms with Crippen LogP contribution in [0.2, 0.25) is 5.02 Å². The fraction of sp³-hybridized carbons (Fsp3) is 0.200. The Kier molecular flexibility index (Phi) is 5.14. The molecule has 2 aromatic carbocycles. The Morgan fingerprint density at radius 1 is 1.16 bits per heavy atom. The third-order valence-electron chi connectivity index (χ3n) is 2.91. The fourth-order valence-electron chi connectivity index (χ4n) is 2.03. The second-order valence-corrected chi connectivity index (χ2v) is 6.01. The number of benzene rings is 2. The number of anilines is 1. The van der Waals surface area contributed by atoms with Crippen LogP contribution >= 0.6 is 39.1 Å². The number of alkyl halides is 1. The molecule has 0 bridgehead atoms. The summed E-state index contributed by atoms with van der Waals surface area (Å²) in [5.74, 6) is 0.495. The zero-order chi connectivity index (χ0) is 13.8. The van der Waals surface area contributed by atoms with Crippen molar-refractivity contribution in [2.45, 2.75) is 12.4 Å². The first kappa shape index (κ1) is 14.7. The Morgan fingerprint density at radius 2 is 1.95 bits per heavy atom. The van der Waals surface area contributed by atoms with Crippen molar-refractivity contribution in [2.24, 2.45) is 0 Å². The standard InChI is InChI=1S/C15H14BrCl2N/c1-19(10-11-3-2-4-14(18)7-11)15-6-5-13(16)8-12(15)9-17/h2-8H,9-10H2,1H3. The summed E-state index contributed by atoms with van der Waals surface area (Å²) in [4.78, 5) is 2.18. The van der Waals surface area contributed by atoms with Gasteiger partial charge in [-0.15, -0.1) is 11.6 Å². The molecule has 0 amide bonds. The zero-order valence-electron chi connectivity index (χ0n) is 10.5. The lowest BCUT2D eigenvalue weighted by Crippen LogP contribution is -2.17. The molecule has 2 aromatic rings. The van der Waals surface area contributed by atoms with Gasteiger partial charge in [-0.25, -0.2) is 0 Å². The minimum absolute atomic E-state index is 0.495. The summed E-state index contributed by atoms with van der Waals surface area (Å²) < 4.78 is 1.04. The topological polar surface area (TPSA) is 3.24 Å². The van der Waals surface area contributed by atoms with Gasteiger partial charge in [0.15, 0.2) is 0 Å². The fourth-order valence-corrected chi connectivity index (χ4v) is 2.86. The van der Waals surface area contributed by atoms with Crippen molar-refractivity contribution >= 4 is 44.8 Å². The van der Waals surface area contributed by atoms with E-state index in [1.54, 1.807) is 0 Å². The Morgan fingerprint density at radius 3 is 2.63 bits per heavy atom. The molecule has 0 saturated carbocycles. The Bertz CT molecular complexity index is 572. The molecule has 1 nitrogen and oxygen atoms in total. The number of halogens is 3. The maximum atomic E-state index is 6.01. The van der Waals surface area contributed by atoms with E-state index in [1.165, 1.54) is 5.56 Å². The average Bonchev–Trinajstić information content (AvgIpc) is 2.38. The molecular weight excluding hydrogens is 345 g/mol. The number of nitrogens with zero attached hydrogens (tertiary/aromatic N) is 1. The number of rotatable bonds is 4. The third-order valence-corrected chi connectivity index (χ3v) is 3.92. The lowest BCUT2D eigenvalue weighted by atomic mass is 10.1. The van der Waals surface area contributed by atoms with Crippen molar-refractivity contribution < 1.29 is 0 Å². The van der Waals surface area contributed by atoms with Gasteiger partial charge in [0.1, 0.15) is 0 Å². The second-order valence-electron chi connectivity index (χ2n) is 4.39. The normalized spacial score (nSPS) is 10.5. The van der Waals surface area contributed by atoms with Crippen LogP contribution in [-0.4, -0.2) is 7.05 Å². The molecule has 0 fully saturated rings. The lowest BCUT2D eigenvalue weighted by molar-refractivity contribution is 0.916. The quantitative estimate of drug-likeness (QED) is 0.654. The minimum atomic E-state index is 0.495. The first-order valence-corrected chi connectivity index (χ1v) is 7.60. The Balaban J connectivity index is 2.22. The molecule has 0 atom stereocenters. The molecule has 0 saturated heterocycles. The van der Waals surface area contributed by atoms with E-state index in [1.807, 2.05) is 24.3 Å². The van der Waals surface area contributed by atoms with Gasteiger partial charge >= 0.3 is 0 Å². The van der Waals surface area contributed by atoms with E-state index in [0.29, 0.717) is 5.88 Å². The highest BCUT2D eigenvalue weighted by atomic mass is 79.9. The Labute approximate surface area is 132 Å². The van der Waals surface area contributed by atoms with E-state index in [0.717, 1.165) is 27.3 Å². The zero-order valence-corrected chi connectivity index (χ0v) is 13.6. The van der Waals surface area contributed by atoms with Crippen LogP contribution < -0.4 is 4.90 Å². The first-order valence-electron chi connectivity index (χ1n) is 5.90. The molecule has 19 heavy (non-hydrogen) atoms. The van der Waals surface area contributed by atoms with Crippen molar-refractivity contribution in [3.8, 4) is 0 Å². The Hall–Kier alpha value is -0.700. The molecular formula is C15H14BrCl2N. The van der Waals surface area contributed by atoms with Crippen LogP contribution in [0.1, 0.15) is 11.1 Å². The van der Waals surface area contributed by atoms with Crippen molar-refractivity contribution in [3.05, 3.63) is 63.1 Å². The second kappa shape index (κ2) is 6.65. The third kappa shape index (κ3) is 3.88. The van der Waals surface area contributed by atoms with Crippen LogP contribution in [0, 0.1) is 0 Å². The van der Waals surface area contributed by atoms with Gasteiger partial charge in [-0.3, -0.25) is 0 Å². The van der Waals surface area contributed by atoms with E-state index >= 15 is 0 Å². The highest BCUT2D eigenvalue weighted by molar-refractivity contribution is 9.10. The lowest BCUT2D eigenvalue weighted by Gasteiger charge is -2.22. The molecule has 0 aliphatic heterocycles. The molecule has 0 heterocycles. The van der Waals surface area contributed by atoms with Crippen LogP contribution in [0.3, 0.4) is 0 Å². The minimum Gasteiger partial charge on any atom is -0.370 e. The summed E-state index contributed by atoms with van der Waals surface area (Å²) in [7, 11) is 2.06. The maximum absolute atomic E-state index is 6.01. The highest BCUT2D eigenvalue weighted by Crippen LogP contribution is 2.26. The van der Waals surface area contributed by atoms with E-state index in [4.69, 9.17) is 23.2 Å². The summed E-state index contributed by atoms with van der Waals surface area (Å²) in [5, 5.41) is 0.763. The predicted octanol–water partition coefficient (Wildman–Crippen LogP) is 5.48. The van der Waals surface area contributed by atoms with Crippen LogP contribution in [0.4, 0.5) is 5.69 Å². The van der Waals surface area contributed by atoms with Gasteiger partial charge in [-0.2, -0.15) is 0 Å². The van der Waals surface area contributed by atoms with Crippen molar-refractivity contribution in [3.63, 3.8) is 0 Å². The van der Waals surface area contributed by atoms with Crippen molar-refractivity contribution in [1.82, 2.24) is 0 Å². The summed E-state index contributed by atoms with van der Waals surface area (Å²) in [6.45, 7) is 0.798. The maximum Gasteiger partial charge on any atom is 0.0494 e. The van der Waals surface area contributed by atoms with Crippen molar-refractivity contribution in [1.29, 1.82) is 0 Å². The molecule has 0 N–H and O–H groups in total. The van der Waals surface area contributed by atoms with E-state index in [2.05, 4.69) is 46.1 Å². The monoisotopic (exact) mass is 357 g/mol. The summed E-state index contributed by atoms with van der Waals surface area (Å²) in [6.07, 6.45) is 0. The summed E-state index contributed by atoms with van der Waals surface area (Å²) in [6, 6.07) is 14.1. The van der Waals surface area contributed by atoms with Crippen LogP contribution in [0.15, 0.2) is 46.9 Å². The number of hydrogen-bond acceptors (Lipinski definition) is 1. The van der Waals surface area contributed by atoms with Gasteiger partial charge in [-0.1, -0.05) is 39.7 Å².